The van der Waals surface area contributed by atoms with Crippen molar-refractivity contribution in [2.75, 3.05) is 23.6 Å². The summed E-state index contributed by atoms with van der Waals surface area (Å²) in [6.07, 6.45) is 2.72. The van der Waals surface area contributed by atoms with Crippen LogP contribution in [0.2, 0.25) is 0 Å². The number of hydrazone groups is 1. The second-order valence-electron chi connectivity index (χ2n) is 8.66. The monoisotopic (exact) mass is 499 g/mol. The highest BCUT2D eigenvalue weighted by atomic mass is 32.1. The van der Waals surface area contributed by atoms with E-state index < -0.39 is 17.8 Å². The third kappa shape index (κ3) is 8.06. The van der Waals surface area contributed by atoms with E-state index in [4.69, 9.17) is 9.47 Å². The molecule has 0 unspecified atom stereocenters. The van der Waals surface area contributed by atoms with Gasteiger partial charge in [0, 0.05) is 24.4 Å². The van der Waals surface area contributed by atoms with Crippen LogP contribution in [0.5, 0.6) is 0 Å². The van der Waals surface area contributed by atoms with Crippen LogP contribution in [0.1, 0.15) is 63.9 Å². The Labute approximate surface area is 210 Å². The minimum atomic E-state index is -0.677. The first-order valence-corrected chi connectivity index (χ1v) is 12.3. The lowest BCUT2D eigenvalue weighted by molar-refractivity contribution is 0.0581. The lowest BCUT2D eigenvalue weighted by atomic mass is 10.0. The van der Waals surface area contributed by atoms with Gasteiger partial charge >= 0.3 is 12.2 Å². The first kappa shape index (κ1) is 27.8. The molecular weight excluding hydrogens is 466 g/mol. The number of ether oxygens (including phenoxy) is 2. The maximum Gasteiger partial charge on any atom is 0.435 e. The molecule has 1 aromatic carbocycles. The smallest absolute Gasteiger partial charge is 0.435 e. The molecule has 2 rings (SSSR count). The number of amides is 2. The number of hydrogen-bond acceptors (Lipinski definition) is 7. The van der Waals surface area contributed by atoms with E-state index in [2.05, 4.69) is 5.10 Å². The van der Waals surface area contributed by atoms with Crippen molar-refractivity contribution in [3.63, 3.8) is 0 Å². The van der Waals surface area contributed by atoms with Gasteiger partial charge in [-0.05, 0) is 75.9 Å². The molecule has 9 heteroatoms. The zero-order valence-corrected chi connectivity index (χ0v) is 22.1. The van der Waals surface area contributed by atoms with Crippen LogP contribution in [0.15, 0.2) is 46.2 Å². The summed E-state index contributed by atoms with van der Waals surface area (Å²) in [7, 11) is 1.60. The van der Waals surface area contributed by atoms with Gasteiger partial charge in [-0.2, -0.15) is 21.4 Å². The Bertz CT molecular complexity index is 1100. The number of nitrogens with zero attached hydrogens (tertiary/aromatic N) is 3. The van der Waals surface area contributed by atoms with E-state index >= 15 is 0 Å². The van der Waals surface area contributed by atoms with Crippen LogP contribution < -0.4 is 9.91 Å². The predicted octanol–water partition coefficient (Wildman–Crippen LogP) is 6.76. The number of rotatable bonds is 8. The van der Waals surface area contributed by atoms with Crippen molar-refractivity contribution >= 4 is 52.5 Å². The van der Waals surface area contributed by atoms with E-state index in [1.165, 1.54) is 21.2 Å². The van der Waals surface area contributed by atoms with Crippen molar-refractivity contribution in [3.05, 3.63) is 52.2 Å². The molecule has 0 aliphatic rings. The zero-order valence-electron chi connectivity index (χ0n) is 21.3. The minimum Gasteiger partial charge on any atom is -0.449 e. The van der Waals surface area contributed by atoms with Crippen molar-refractivity contribution in [3.8, 4) is 0 Å². The Hall–Kier alpha value is -3.46. The van der Waals surface area contributed by atoms with Gasteiger partial charge in [0.2, 0.25) is 0 Å². The second kappa shape index (κ2) is 12.3. The van der Waals surface area contributed by atoms with E-state index in [9.17, 15) is 14.4 Å². The molecule has 0 spiro atoms. The van der Waals surface area contributed by atoms with Crippen LogP contribution in [0.4, 0.5) is 21.0 Å². The van der Waals surface area contributed by atoms with Gasteiger partial charge in [-0.15, -0.1) is 0 Å². The molecule has 1 aromatic heterocycles. The highest BCUT2D eigenvalue weighted by Crippen LogP contribution is 2.25. The number of allylic oxidation sites excluding steroid dienone is 1. The van der Waals surface area contributed by atoms with Crippen LogP contribution in [-0.2, 0) is 9.47 Å². The zero-order chi connectivity index (χ0) is 26.2. The molecule has 0 saturated heterocycles. The highest BCUT2D eigenvalue weighted by molar-refractivity contribution is 7.08. The number of benzene rings is 1. The molecule has 0 fully saturated rings. The van der Waals surface area contributed by atoms with Gasteiger partial charge in [0.15, 0.2) is 5.78 Å². The summed E-state index contributed by atoms with van der Waals surface area (Å²) in [5.74, 6) is -0.0102. The van der Waals surface area contributed by atoms with Gasteiger partial charge in [-0.3, -0.25) is 9.69 Å². The Morgan fingerprint density at radius 1 is 1.11 bits per heavy atom. The van der Waals surface area contributed by atoms with Crippen molar-refractivity contribution in [1.82, 2.24) is 0 Å². The Morgan fingerprint density at radius 3 is 2.40 bits per heavy atom. The van der Waals surface area contributed by atoms with E-state index in [1.54, 1.807) is 90.4 Å². The third-order valence-electron chi connectivity index (χ3n) is 4.65. The average molecular weight is 500 g/mol. The molecule has 1 heterocycles. The summed E-state index contributed by atoms with van der Waals surface area (Å²) >= 11 is 1.44. The number of thiophene rings is 1. The van der Waals surface area contributed by atoms with E-state index in [0.29, 0.717) is 34.6 Å². The fraction of sp³-hybridized carbons (Fsp3) is 0.385. The van der Waals surface area contributed by atoms with Crippen LogP contribution in [0.25, 0.3) is 6.08 Å². The molecule has 0 aliphatic heterocycles. The molecule has 0 N–H and O–H groups in total. The summed E-state index contributed by atoms with van der Waals surface area (Å²) in [4.78, 5) is 38.7. The molecule has 2 aromatic rings. The summed E-state index contributed by atoms with van der Waals surface area (Å²) in [6, 6.07) is 6.91. The fourth-order valence-corrected chi connectivity index (χ4v) is 3.59. The molecule has 0 saturated carbocycles. The normalized spacial score (nSPS) is 11.9. The number of anilines is 2. The molecule has 2 amide bonds. The second-order valence-corrected chi connectivity index (χ2v) is 9.44. The number of Topliss-reactive ketones (excluding diaryl/α,β-unsaturated/α-hetero) is 1. The van der Waals surface area contributed by atoms with Gasteiger partial charge in [0.25, 0.3) is 0 Å². The van der Waals surface area contributed by atoms with E-state index in [0.717, 1.165) is 0 Å². The van der Waals surface area contributed by atoms with Crippen molar-refractivity contribution < 1.29 is 23.9 Å². The molecular formula is C26H33N3O5S. The molecule has 35 heavy (non-hydrogen) atoms. The van der Waals surface area contributed by atoms with Crippen LogP contribution in [0.3, 0.4) is 0 Å². The molecule has 8 nitrogen and oxygen atoms in total. The van der Waals surface area contributed by atoms with E-state index in [-0.39, 0.29) is 12.4 Å². The van der Waals surface area contributed by atoms with E-state index in [1.807, 2.05) is 5.38 Å². The maximum atomic E-state index is 12.8. The fourth-order valence-electron chi connectivity index (χ4n) is 2.98. The molecule has 0 radical (unpaired) electrons. The summed E-state index contributed by atoms with van der Waals surface area (Å²) in [5.41, 5.74) is 2.17. The minimum absolute atomic E-state index is 0.0102. The number of carbonyl (C=O) groups is 3. The standard InChI is InChI=1S/C26H33N3O5S/c1-8-23(30)20-12-13-22(28(7)24(31)33-9-2)19(16-20)11-10-18(3)27-29(21-14-15-35-17-21)25(32)34-26(4,5)6/h10-17H,8-9H2,1-7H3/b11-10+,27-18+. The molecule has 0 bridgehead atoms. The van der Waals surface area contributed by atoms with Crippen molar-refractivity contribution in [2.45, 2.75) is 53.6 Å². The topological polar surface area (TPSA) is 88.5 Å². The summed E-state index contributed by atoms with van der Waals surface area (Å²) in [6.45, 7) is 10.9. The van der Waals surface area contributed by atoms with Gasteiger partial charge in [0.1, 0.15) is 5.60 Å². The number of hydrogen-bond donors (Lipinski definition) is 0. The quantitative estimate of drug-likeness (QED) is 0.227. The Kier molecular flexibility index (Phi) is 9.77. The lowest BCUT2D eigenvalue weighted by Gasteiger charge is -2.24. The molecule has 0 atom stereocenters. The van der Waals surface area contributed by atoms with Gasteiger partial charge in [-0.1, -0.05) is 13.0 Å². The van der Waals surface area contributed by atoms with Gasteiger partial charge < -0.3 is 9.47 Å². The lowest BCUT2D eigenvalue weighted by Crippen LogP contribution is -2.34. The SMILES string of the molecule is CCOC(=O)N(C)c1ccc(C(=O)CC)cc1/C=C/C(C)=N/N(C(=O)OC(C)(C)C)c1ccsc1. The van der Waals surface area contributed by atoms with Crippen molar-refractivity contribution in [2.24, 2.45) is 5.10 Å². The van der Waals surface area contributed by atoms with Crippen molar-refractivity contribution in [1.29, 1.82) is 0 Å². The first-order chi connectivity index (χ1) is 16.5. The average Bonchev–Trinajstić information content (AvgIpc) is 3.33. The number of carbonyl (C=O) groups excluding carboxylic acids is 3. The first-order valence-electron chi connectivity index (χ1n) is 11.3. The number of ketones is 1. The Balaban J connectivity index is 2.44. The Morgan fingerprint density at radius 2 is 1.83 bits per heavy atom. The molecule has 188 valence electrons. The largest absolute Gasteiger partial charge is 0.449 e. The third-order valence-corrected chi connectivity index (χ3v) is 5.32. The summed E-state index contributed by atoms with van der Waals surface area (Å²) in [5, 5.41) is 9.32. The summed E-state index contributed by atoms with van der Waals surface area (Å²) < 4.78 is 10.6. The predicted molar refractivity (Wildman–Crippen MR) is 142 cm³/mol. The van der Waals surface area contributed by atoms with Crippen LogP contribution in [0, 0.1) is 0 Å². The van der Waals surface area contributed by atoms with Crippen LogP contribution in [-0.4, -0.2) is 42.9 Å². The molecule has 0 aliphatic carbocycles. The van der Waals surface area contributed by atoms with Crippen LogP contribution >= 0.6 is 11.3 Å². The highest BCUT2D eigenvalue weighted by Gasteiger charge is 2.24. The van der Waals surface area contributed by atoms with Gasteiger partial charge in [-0.25, -0.2) is 9.59 Å². The maximum absolute atomic E-state index is 12.8. The van der Waals surface area contributed by atoms with Gasteiger partial charge in [0.05, 0.1) is 23.7 Å².